The molecule has 115 heavy (non-hydrogen) atoms. The quantitative estimate of drug-likeness (QED) is 0.0691. The van der Waals surface area contributed by atoms with Gasteiger partial charge in [0, 0.05) is 112 Å². The van der Waals surface area contributed by atoms with Gasteiger partial charge in [-0.1, -0.05) is 219 Å². The number of allylic oxidation sites excluding steroid dienone is 6. The van der Waals surface area contributed by atoms with Crippen LogP contribution in [0.1, 0.15) is 180 Å². The van der Waals surface area contributed by atoms with Crippen molar-refractivity contribution in [2.75, 3.05) is 0 Å². The summed E-state index contributed by atoms with van der Waals surface area (Å²) in [6.07, 6.45) is 9.54. The van der Waals surface area contributed by atoms with E-state index in [1.54, 1.807) is 22.7 Å². The van der Waals surface area contributed by atoms with Crippen LogP contribution in [-0.4, -0.2) is 47.6 Å². The zero-order valence-electron chi connectivity index (χ0n) is 70.7. The van der Waals surface area contributed by atoms with Gasteiger partial charge < -0.3 is 30.3 Å². The molecule has 0 aliphatic rings. The van der Waals surface area contributed by atoms with Gasteiger partial charge >= 0.3 is 0 Å². The number of rotatable bonds is 10. The van der Waals surface area contributed by atoms with Crippen LogP contribution in [0.5, 0.6) is 0 Å². The second kappa shape index (κ2) is 42.0. The molecule has 0 spiro atoms. The first-order valence-electron chi connectivity index (χ1n) is 37.7. The molecule has 6 aromatic heterocycles. The molecule has 0 aliphatic carbocycles. The molecule has 7 aromatic carbocycles. The van der Waals surface area contributed by atoms with Crippen LogP contribution in [0.3, 0.4) is 0 Å². The van der Waals surface area contributed by atoms with Crippen LogP contribution < -0.4 is 0 Å². The Morgan fingerprint density at radius 1 is 0.357 bits per heavy atom. The SMILES string of the molecule is CC(=O)C=C(C)O.CC(=O)C=C(C)O.CC(=O)C=C(C)O.Cc1[c-]c(-c2cc3c(C)c(-c4ccccc4)sc3cn2)cc(C(C)(C)C)c1.Cc1[c-]c(-c2cc3cc(-c4ccc(-c5c(C)cccc5C)cc4)sc3cn2)cc(C(C)(C)C)c1.Cc1[c-]c(-c2cc3cc(-c4ccc(C(C)(C)C)cc4)sc3cn2)cc(C(C)(C)C)c1.[Ir].[Ir].[Ir]. The fraction of sp³-hybridized carbons (Fsp3) is 0.280. The van der Waals surface area contributed by atoms with Crippen LogP contribution in [0.25, 0.3) is 106 Å². The summed E-state index contributed by atoms with van der Waals surface area (Å²) in [5, 5.41) is 28.9. The number of hydrogen-bond acceptors (Lipinski definition) is 12. The molecule has 3 N–H and O–H groups in total. The minimum atomic E-state index is -0.125. The first kappa shape index (κ1) is 97.0. The van der Waals surface area contributed by atoms with Crippen molar-refractivity contribution in [3.8, 4) is 76.2 Å². The summed E-state index contributed by atoms with van der Waals surface area (Å²) >= 11 is 5.42. The molecular formula is C100H108Ir3N3O6S3-3. The Hall–Kier alpha value is -8.55. The number of aryl methyl sites for hydroxylation is 6. The summed E-state index contributed by atoms with van der Waals surface area (Å²) in [6, 6.07) is 70.2. The van der Waals surface area contributed by atoms with E-state index < -0.39 is 0 Å². The first-order chi connectivity index (χ1) is 52.4. The summed E-state index contributed by atoms with van der Waals surface area (Å²) in [5.74, 6) is -0.187. The molecule has 0 saturated heterocycles. The number of thiophene rings is 3. The Kier molecular flexibility index (Phi) is 35.5. The predicted molar refractivity (Wildman–Crippen MR) is 478 cm³/mol. The van der Waals surface area contributed by atoms with Crippen molar-refractivity contribution in [3.05, 3.63) is 292 Å². The van der Waals surface area contributed by atoms with Crippen molar-refractivity contribution in [3.63, 3.8) is 0 Å². The zero-order valence-corrected chi connectivity index (χ0v) is 80.3. The second-order valence-corrected chi connectivity index (χ2v) is 36.2. The summed E-state index contributed by atoms with van der Waals surface area (Å²) in [5.41, 5.74) is 25.8. The van der Waals surface area contributed by atoms with Gasteiger partial charge in [-0.2, -0.15) is 0 Å². The molecule has 0 fully saturated rings. The van der Waals surface area contributed by atoms with E-state index in [0.717, 1.165) is 50.5 Å². The largest absolute Gasteiger partial charge is 0.512 e. The zero-order chi connectivity index (χ0) is 82.5. The summed E-state index contributed by atoms with van der Waals surface area (Å²) in [7, 11) is 0. The molecule has 607 valence electrons. The van der Waals surface area contributed by atoms with Crippen molar-refractivity contribution in [2.24, 2.45) is 0 Å². The Labute approximate surface area is 735 Å². The third-order valence-electron chi connectivity index (χ3n) is 18.3. The molecule has 13 aromatic rings. The van der Waals surface area contributed by atoms with Crippen LogP contribution in [0, 0.1) is 59.7 Å². The minimum Gasteiger partial charge on any atom is -0.512 e. The summed E-state index contributed by atoms with van der Waals surface area (Å²) < 4.78 is 3.66. The summed E-state index contributed by atoms with van der Waals surface area (Å²) in [6.45, 7) is 48.5. The number of aliphatic hydroxyl groups is 3. The van der Waals surface area contributed by atoms with Gasteiger partial charge in [-0.3, -0.25) is 14.4 Å². The maximum atomic E-state index is 10.0. The Balaban J connectivity index is 0.000000271. The molecule has 0 aliphatic heterocycles. The van der Waals surface area contributed by atoms with Crippen molar-refractivity contribution < 1.29 is 90.0 Å². The number of aromatic nitrogens is 3. The van der Waals surface area contributed by atoms with Crippen molar-refractivity contribution >= 4 is 81.6 Å². The normalized spacial score (nSPS) is 11.6. The maximum absolute atomic E-state index is 10.0. The predicted octanol–water partition coefficient (Wildman–Crippen LogP) is 28.1. The van der Waals surface area contributed by atoms with Crippen LogP contribution in [0.4, 0.5) is 0 Å². The third kappa shape index (κ3) is 28.1. The van der Waals surface area contributed by atoms with Crippen molar-refractivity contribution in [1.29, 1.82) is 0 Å². The first-order valence-corrected chi connectivity index (χ1v) is 40.1. The van der Waals surface area contributed by atoms with Gasteiger partial charge in [0.15, 0.2) is 17.3 Å². The molecular weight excluding hydrogens is 2010 g/mol. The van der Waals surface area contributed by atoms with Crippen LogP contribution >= 0.6 is 34.0 Å². The molecule has 0 atom stereocenters. The second-order valence-electron chi connectivity index (χ2n) is 32.9. The number of benzene rings is 7. The third-order valence-corrected chi connectivity index (χ3v) is 21.9. The molecule has 0 amide bonds. The van der Waals surface area contributed by atoms with E-state index in [1.807, 2.05) is 29.9 Å². The number of nitrogens with zero attached hydrogens (tertiary/aromatic N) is 3. The van der Waals surface area contributed by atoms with E-state index in [1.165, 1.54) is 171 Å². The minimum absolute atomic E-state index is 0. The number of hydrogen-bond donors (Lipinski definition) is 3. The van der Waals surface area contributed by atoms with Gasteiger partial charge in [0.1, 0.15) is 0 Å². The van der Waals surface area contributed by atoms with E-state index in [2.05, 4.69) is 307 Å². The van der Waals surface area contributed by atoms with Gasteiger partial charge in [0.2, 0.25) is 0 Å². The van der Waals surface area contributed by atoms with E-state index in [9.17, 15) is 14.4 Å². The fourth-order valence-electron chi connectivity index (χ4n) is 12.6. The van der Waals surface area contributed by atoms with E-state index in [0.29, 0.717) is 0 Å². The molecule has 3 radical (unpaired) electrons. The smallest absolute Gasteiger partial charge is 0.155 e. The average Bonchev–Trinajstić information content (AvgIpc) is 1.66. The van der Waals surface area contributed by atoms with Crippen LogP contribution in [0.2, 0.25) is 0 Å². The maximum Gasteiger partial charge on any atom is 0.155 e. The van der Waals surface area contributed by atoms with E-state index in [4.69, 9.17) is 30.3 Å². The van der Waals surface area contributed by atoms with E-state index in [-0.39, 0.29) is 117 Å². The van der Waals surface area contributed by atoms with E-state index >= 15 is 0 Å². The Morgan fingerprint density at radius 2 is 0.687 bits per heavy atom. The number of pyridine rings is 3. The van der Waals surface area contributed by atoms with Gasteiger partial charge in [0.05, 0.1) is 31.4 Å². The van der Waals surface area contributed by atoms with Gasteiger partial charge in [-0.25, -0.2) is 0 Å². The van der Waals surface area contributed by atoms with Crippen molar-refractivity contribution in [2.45, 2.75) is 188 Å². The number of fused-ring (bicyclic) bond motifs is 3. The molecule has 9 nitrogen and oxygen atoms in total. The summed E-state index contributed by atoms with van der Waals surface area (Å²) in [4.78, 5) is 48.3. The number of aliphatic hydroxyl groups excluding tert-OH is 3. The standard InChI is InChI=1S/C32H30NS.C28H30NS.C25H24NS.3C5H8O2.3Ir/c1-20-14-25(16-27(15-20)32(4,5)6)28-17-26-18-29(34-30(26)19-33-28)23-10-12-24(13-11-23)31-21(2)8-7-9-22(31)3;1-18-12-20(14-23(13-18)28(5,6)7)24-15-21-16-25(30-26(21)17-29-24)19-8-10-22(11-9-19)27(2,3)4;1-16-11-19(13-20(12-16)25(3,4)5)22-14-21-17(2)24(27-23(21)15-26-22)18-9-7-6-8-10-18;3*1-4(6)3-5(2)7;;;/h7-13,15-19H,1-6H3;8-11,13-17H,1-7H3;6-10,12-15H,1-5H3;3*3,6H,1-2H3;;;/q3*-1;;;;;;. The molecule has 0 unspecified atom stereocenters. The number of carbonyl (C=O) groups is 3. The monoisotopic (exact) mass is 2120 g/mol. The van der Waals surface area contributed by atoms with Crippen molar-refractivity contribution in [1.82, 2.24) is 15.0 Å². The Bertz CT molecular complexity index is 5520. The molecule has 13 rings (SSSR count). The number of carbonyl (C=O) groups excluding carboxylic acids is 3. The van der Waals surface area contributed by atoms with Gasteiger partial charge in [-0.15, -0.1) is 139 Å². The van der Waals surface area contributed by atoms with Gasteiger partial charge in [-0.05, 0) is 179 Å². The van der Waals surface area contributed by atoms with Crippen LogP contribution in [-0.2, 0) is 96.4 Å². The Morgan fingerprint density at radius 3 is 1.02 bits per heavy atom. The topological polar surface area (TPSA) is 151 Å². The molecule has 0 saturated carbocycles. The molecule has 0 bridgehead atoms. The average molecular weight is 2120 g/mol. The molecule has 15 heteroatoms. The van der Waals surface area contributed by atoms with Crippen LogP contribution in [0.15, 0.2) is 218 Å². The number of ketones is 3. The molecule has 6 heterocycles. The fourth-order valence-corrected chi connectivity index (χ4v) is 15.8. The van der Waals surface area contributed by atoms with Gasteiger partial charge in [0.25, 0.3) is 0 Å².